The topological polar surface area (TPSA) is 86.8 Å². The average molecular weight is 611 g/mol. The molecule has 0 spiro atoms. The van der Waals surface area contributed by atoms with Crippen LogP contribution in [0.15, 0.2) is 77.7 Å². The monoisotopic (exact) mass is 609 g/mol. The molecule has 0 fully saturated rings. The summed E-state index contributed by atoms with van der Waals surface area (Å²) in [6.07, 6.45) is 0. The summed E-state index contributed by atoms with van der Waals surface area (Å²) >= 11 is 18.8. The van der Waals surface area contributed by atoms with Crippen molar-refractivity contribution in [2.24, 2.45) is 5.92 Å². The third kappa shape index (κ3) is 7.88. The average Bonchev–Trinajstić information content (AvgIpc) is 2.90. The SMILES string of the molecule is CC(C)CNC(=O)[C@@H](C)N(Cc1ccc(Cl)cc1Cl)C(=O)CN(c1ccccc1Cl)S(=O)(=O)c1ccccc1. The highest BCUT2D eigenvalue weighted by Crippen LogP contribution is 2.31. The summed E-state index contributed by atoms with van der Waals surface area (Å²) in [5.74, 6) is -0.798. The Labute approximate surface area is 244 Å². The van der Waals surface area contributed by atoms with Crippen LogP contribution in [0.3, 0.4) is 0 Å². The smallest absolute Gasteiger partial charge is 0.264 e. The Morgan fingerprint density at radius 3 is 2.13 bits per heavy atom. The molecule has 0 unspecified atom stereocenters. The first-order chi connectivity index (χ1) is 18.4. The van der Waals surface area contributed by atoms with Gasteiger partial charge in [-0.3, -0.25) is 13.9 Å². The van der Waals surface area contributed by atoms with Crippen LogP contribution in [0, 0.1) is 5.92 Å². The van der Waals surface area contributed by atoms with Crippen molar-refractivity contribution in [2.45, 2.75) is 38.3 Å². The predicted molar refractivity (Wildman–Crippen MR) is 157 cm³/mol. The van der Waals surface area contributed by atoms with Gasteiger partial charge in [0, 0.05) is 23.1 Å². The molecule has 3 aromatic rings. The molecule has 0 aliphatic rings. The van der Waals surface area contributed by atoms with E-state index < -0.39 is 28.5 Å². The Morgan fingerprint density at radius 2 is 1.51 bits per heavy atom. The van der Waals surface area contributed by atoms with Gasteiger partial charge < -0.3 is 10.2 Å². The van der Waals surface area contributed by atoms with Crippen LogP contribution in [0.25, 0.3) is 0 Å². The molecule has 7 nitrogen and oxygen atoms in total. The molecule has 0 saturated carbocycles. The quantitative estimate of drug-likeness (QED) is 0.287. The Hall–Kier alpha value is -2.78. The van der Waals surface area contributed by atoms with E-state index in [-0.39, 0.29) is 34.0 Å². The Bertz CT molecular complexity index is 1420. The van der Waals surface area contributed by atoms with E-state index >= 15 is 0 Å². The number of sulfonamides is 1. The molecule has 0 aliphatic heterocycles. The lowest BCUT2D eigenvalue weighted by Gasteiger charge is -2.32. The van der Waals surface area contributed by atoms with Gasteiger partial charge in [0.15, 0.2) is 0 Å². The second-order valence-corrected chi connectivity index (χ2v) is 12.5. The molecular formula is C28H30Cl3N3O4S. The fourth-order valence-corrected chi connectivity index (χ4v) is 5.97. The second-order valence-electron chi connectivity index (χ2n) is 9.35. The van der Waals surface area contributed by atoms with Crippen LogP contribution in [0.5, 0.6) is 0 Å². The van der Waals surface area contributed by atoms with Crippen LogP contribution in [0.2, 0.25) is 15.1 Å². The normalized spacial score (nSPS) is 12.2. The summed E-state index contributed by atoms with van der Waals surface area (Å²) in [5.41, 5.74) is 0.686. The van der Waals surface area contributed by atoms with Crippen molar-refractivity contribution < 1.29 is 18.0 Å². The largest absolute Gasteiger partial charge is 0.354 e. The molecule has 11 heteroatoms. The lowest BCUT2D eigenvalue weighted by molar-refractivity contribution is -0.139. The third-order valence-corrected chi connectivity index (χ3v) is 8.62. The van der Waals surface area contributed by atoms with E-state index in [2.05, 4.69) is 5.32 Å². The van der Waals surface area contributed by atoms with E-state index in [1.807, 2.05) is 13.8 Å². The first-order valence-corrected chi connectivity index (χ1v) is 14.8. The van der Waals surface area contributed by atoms with E-state index in [1.54, 1.807) is 61.5 Å². The lowest BCUT2D eigenvalue weighted by Crippen LogP contribution is -2.51. The van der Waals surface area contributed by atoms with Crippen LogP contribution in [0.4, 0.5) is 5.69 Å². The van der Waals surface area contributed by atoms with Gasteiger partial charge >= 0.3 is 0 Å². The Balaban J connectivity index is 2.03. The van der Waals surface area contributed by atoms with Gasteiger partial charge in [0.2, 0.25) is 11.8 Å². The van der Waals surface area contributed by atoms with Crippen molar-refractivity contribution in [1.29, 1.82) is 0 Å². The van der Waals surface area contributed by atoms with Crippen LogP contribution < -0.4 is 9.62 Å². The van der Waals surface area contributed by atoms with Crippen LogP contribution >= 0.6 is 34.8 Å². The summed E-state index contributed by atoms with van der Waals surface area (Å²) in [7, 11) is -4.20. The molecule has 0 radical (unpaired) electrons. The highest BCUT2D eigenvalue weighted by molar-refractivity contribution is 7.92. The van der Waals surface area contributed by atoms with E-state index in [4.69, 9.17) is 34.8 Å². The number of anilines is 1. The molecule has 208 valence electrons. The van der Waals surface area contributed by atoms with Gasteiger partial charge in [-0.25, -0.2) is 8.42 Å². The molecule has 0 heterocycles. The van der Waals surface area contributed by atoms with Gasteiger partial charge in [0.25, 0.3) is 10.0 Å². The molecule has 3 aromatic carbocycles. The molecule has 0 aliphatic carbocycles. The zero-order valence-corrected chi connectivity index (χ0v) is 24.9. The van der Waals surface area contributed by atoms with Gasteiger partial charge in [0.1, 0.15) is 12.6 Å². The fraction of sp³-hybridized carbons (Fsp3) is 0.286. The number of nitrogens with one attached hydrogen (secondary N) is 1. The number of hydrogen-bond donors (Lipinski definition) is 1. The molecule has 0 saturated heterocycles. The van der Waals surface area contributed by atoms with E-state index in [1.165, 1.54) is 23.1 Å². The van der Waals surface area contributed by atoms with E-state index in [0.717, 1.165) is 4.31 Å². The fourth-order valence-electron chi connectivity index (χ4n) is 3.76. The number of nitrogens with zero attached hydrogens (tertiary/aromatic N) is 2. The zero-order valence-electron chi connectivity index (χ0n) is 21.8. The van der Waals surface area contributed by atoms with Gasteiger partial charge in [-0.05, 0) is 54.8 Å². The summed E-state index contributed by atoms with van der Waals surface area (Å²) in [6, 6.07) is 18.0. The Morgan fingerprint density at radius 1 is 0.872 bits per heavy atom. The Kier molecular flexibility index (Phi) is 10.7. The highest BCUT2D eigenvalue weighted by atomic mass is 35.5. The number of hydrogen-bond acceptors (Lipinski definition) is 4. The van der Waals surface area contributed by atoms with Gasteiger partial charge in [0.05, 0.1) is 15.6 Å². The van der Waals surface area contributed by atoms with E-state index in [0.29, 0.717) is 22.2 Å². The van der Waals surface area contributed by atoms with Crippen molar-refractivity contribution in [3.8, 4) is 0 Å². The van der Waals surface area contributed by atoms with E-state index in [9.17, 15) is 18.0 Å². The van der Waals surface area contributed by atoms with Crippen molar-refractivity contribution in [1.82, 2.24) is 10.2 Å². The van der Waals surface area contributed by atoms with Crippen molar-refractivity contribution in [3.05, 3.63) is 93.4 Å². The second kappa shape index (κ2) is 13.5. The lowest BCUT2D eigenvalue weighted by atomic mass is 10.1. The number of amides is 2. The minimum atomic E-state index is -4.20. The minimum Gasteiger partial charge on any atom is -0.354 e. The van der Waals surface area contributed by atoms with Gasteiger partial charge in [-0.2, -0.15) is 0 Å². The molecule has 0 bridgehead atoms. The highest BCUT2D eigenvalue weighted by Gasteiger charge is 2.33. The summed E-state index contributed by atoms with van der Waals surface area (Å²) < 4.78 is 28.5. The maximum Gasteiger partial charge on any atom is 0.264 e. The summed E-state index contributed by atoms with van der Waals surface area (Å²) in [6.45, 7) is 5.26. The maximum absolute atomic E-state index is 13.9. The molecule has 39 heavy (non-hydrogen) atoms. The molecular weight excluding hydrogens is 581 g/mol. The first-order valence-electron chi connectivity index (χ1n) is 12.2. The number of carbonyl (C=O) groups is 2. The number of rotatable bonds is 11. The number of carbonyl (C=O) groups excluding carboxylic acids is 2. The first kappa shape index (κ1) is 30.8. The molecule has 1 atom stereocenters. The third-order valence-electron chi connectivity index (χ3n) is 5.94. The molecule has 1 N–H and O–H groups in total. The summed E-state index contributed by atoms with van der Waals surface area (Å²) in [4.78, 5) is 28.2. The van der Waals surface area contributed by atoms with Crippen LogP contribution in [-0.2, 0) is 26.2 Å². The van der Waals surface area contributed by atoms with Gasteiger partial charge in [-0.15, -0.1) is 0 Å². The van der Waals surface area contributed by atoms with Crippen LogP contribution in [-0.4, -0.2) is 44.3 Å². The zero-order chi connectivity index (χ0) is 28.7. The van der Waals surface area contributed by atoms with Gasteiger partial charge in [-0.1, -0.05) is 85.0 Å². The van der Waals surface area contributed by atoms with Crippen molar-refractivity contribution in [2.75, 3.05) is 17.4 Å². The molecule has 2 amide bonds. The van der Waals surface area contributed by atoms with Crippen LogP contribution in [0.1, 0.15) is 26.3 Å². The maximum atomic E-state index is 13.9. The standard InChI is InChI=1S/C28H30Cl3N3O4S/c1-19(2)16-32-28(36)20(3)33(17-21-13-14-22(29)15-25(21)31)27(35)18-34(26-12-8-7-11-24(26)30)39(37,38)23-9-5-4-6-10-23/h4-15,19-20H,16-18H2,1-3H3,(H,32,36)/t20-/m1/s1. The molecule has 0 aromatic heterocycles. The van der Waals surface area contributed by atoms with Crippen molar-refractivity contribution >= 4 is 62.3 Å². The van der Waals surface area contributed by atoms with Crippen molar-refractivity contribution in [3.63, 3.8) is 0 Å². The number of halogens is 3. The predicted octanol–water partition coefficient (Wildman–Crippen LogP) is 6.03. The minimum absolute atomic E-state index is 0.00672. The summed E-state index contributed by atoms with van der Waals surface area (Å²) in [5, 5.41) is 3.72. The number of para-hydroxylation sites is 1. The number of benzene rings is 3. The molecule has 3 rings (SSSR count).